The molecule has 1 N–H and O–H groups in total. The van der Waals surface area contributed by atoms with Crippen LogP contribution >= 0.6 is 0 Å². The summed E-state index contributed by atoms with van der Waals surface area (Å²) < 4.78 is 10.2. The highest BCUT2D eigenvalue weighted by atomic mass is 16.5. The Kier molecular flexibility index (Phi) is 6.05. The van der Waals surface area contributed by atoms with Crippen LogP contribution in [0.5, 0.6) is 5.75 Å². The number of carbonyl (C=O) groups excluding carboxylic acids is 1. The van der Waals surface area contributed by atoms with Gasteiger partial charge in [0.25, 0.3) is 5.91 Å². The maximum atomic E-state index is 14.0. The summed E-state index contributed by atoms with van der Waals surface area (Å²) in [6.45, 7) is 5.57. The average molecular weight is 490 g/mol. The molecule has 0 aliphatic carbocycles. The number of hydrogen-bond donors (Lipinski definition) is 1. The minimum Gasteiger partial charge on any atom is -0.494 e. The van der Waals surface area contributed by atoms with Gasteiger partial charge in [-0.1, -0.05) is 54.6 Å². The molecule has 5 aromatic rings. The van der Waals surface area contributed by atoms with E-state index in [-0.39, 0.29) is 5.91 Å². The number of anilines is 1. The van der Waals surface area contributed by atoms with Crippen LogP contribution in [0.2, 0.25) is 0 Å². The summed E-state index contributed by atoms with van der Waals surface area (Å²) in [7, 11) is 0. The Morgan fingerprint density at radius 1 is 0.946 bits per heavy atom. The van der Waals surface area contributed by atoms with Gasteiger partial charge in [-0.05, 0) is 74.1 Å². The first-order chi connectivity index (χ1) is 18.1. The van der Waals surface area contributed by atoms with Crippen molar-refractivity contribution >= 4 is 17.2 Å². The first-order valence-electron chi connectivity index (χ1n) is 13.1. The number of aryl methyl sites for hydroxylation is 3. The zero-order chi connectivity index (χ0) is 25.4. The second kappa shape index (κ2) is 9.66. The van der Waals surface area contributed by atoms with Crippen molar-refractivity contribution < 1.29 is 9.53 Å². The molecule has 0 saturated carbocycles. The van der Waals surface area contributed by atoms with E-state index in [0.717, 1.165) is 70.8 Å². The molecule has 2 aromatic heterocycles. The number of nitrogens with one attached hydrogen (secondary N) is 1. The lowest BCUT2D eigenvalue weighted by Gasteiger charge is -2.11. The summed E-state index contributed by atoms with van der Waals surface area (Å²) in [6.07, 6.45) is 5.26. The zero-order valence-electron chi connectivity index (χ0n) is 21.3. The van der Waals surface area contributed by atoms with E-state index in [0.29, 0.717) is 12.3 Å². The van der Waals surface area contributed by atoms with Crippen molar-refractivity contribution in [2.75, 3.05) is 11.9 Å². The normalized spacial score (nSPS) is 12.9. The fourth-order valence-electron chi connectivity index (χ4n) is 5.56. The lowest BCUT2D eigenvalue weighted by molar-refractivity contribution is 0.102. The van der Waals surface area contributed by atoms with Crippen LogP contribution in [0.25, 0.3) is 28.0 Å². The van der Waals surface area contributed by atoms with Crippen molar-refractivity contribution in [3.8, 4) is 28.1 Å². The first kappa shape index (κ1) is 23.2. The molecule has 37 heavy (non-hydrogen) atoms. The molecule has 3 aromatic carbocycles. The number of amides is 1. The van der Waals surface area contributed by atoms with Crippen molar-refractivity contribution in [1.29, 1.82) is 0 Å². The molecule has 6 rings (SSSR count). The van der Waals surface area contributed by atoms with Gasteiger partial charge in [-0.3, -0.25) is 9.20 Å². The maximum Gasteiger partial charge on any atom is 0.273 e. The van der Waals surface area contributed by atoms with Crippen LogP contribution in [0.15, 0.2) is 85.1 Å². The molecular formula is C32H31N3O2. The van der Waals surface area contributed by atoms with E-state index in [9.17, 15) is 4.79 Å². The topological polar surface area (TPSA) is 47.7 Å². The number of aromatic nitrogens is 2. The molecule has 1 amide bonds. The molecule has 3 heterocycles. The molecule has 0 unspecified atom stereocenters. The SMILES string of the molecule is CCOc1ccc(-c2c3c4n(c(-c5ccccc5)cn4c2C(=O)Nc2cccc(C)c2)CCCC3)cc1. The number of carbonyl (C=O) groups is 1. The molecule has 5 nitrogen and oxygen atoms in total. The van der Waals surface area contributed by atoms with Gasteiger partial charge in [0, 0.05) is 29.6 Å². The number of nitrogens with zero attached hydrogens (tertiary/aromatic N) is 2. The molecule has 1 aliphatic heterocycles. The van der Waals surface area contributed by atoms with E-state index in [2.05, 4.69) is 56.9 Å². The average Bonchev–Trinajstić information content (AvgIpc) is 3.33. The highest BCUT2D eigenvalue weighted by Crippen LogP contribution is 2.40. The van der Waals surface area contributed by atoms with Gasteiger partial charge in [0.05, 0.1) is 12.3 Å². The summed E-state index contributed by atoms with van der Waals surface area (Å²) >= 11 is 0. The Hall–Kier alpha value is -4.25. The molecule has 1 aliphatic rings. The van der Waals surface area contributed by atoms with Gasteiger partial charge in [0.15, 0.2) is 0 Å². The molecule has 0 radical (unpaired) electrons. The van der Waals surface area contributed by atoms with E-state index in [1.807, 2.05) is 56.3 Å². The Morgan fingerprint density at radius 2 is 1.76 bits per heavy atom. The monoisotopic (exact) mass is 489 g/mol. The summed E-state index contributed by atoms with van der Waals surface area (Å²) in [5.74, 6) is 0.732. The minimum atomic E-state index is -0.104. The molecule has 5 heteroatoms. The lowest BCUT2D eigenvalue weighted by Crippen LogP contribution is -2.15. The summed E-state index contributed by atoms with van der Waals surface area (Å²) in [4.78, 5) is 14.0. The number of imidazole rings is 1. The predicted molar refractivity (Wildman–Crippen MR) is 149 cm³/mol. The van der Waals surface area contributed by atoms with E-state index in [4.69, 9.17) is 4.74 Å². The van der Waals surface area contributed by atoms with Crippen LogP contribution in [-0.4, -0.2) is 21.5 Å². The van der Waals surface area contributed by atoms with Gasteiger partial charge in [-0.15, -0.1) is 0 Å². The van der Waals surface area contributed by atoms with Crippen molar-refractivity contribution in [3.05, 3.63) is 102 Å². The fourth-order valence-corrected chi connectivity index (χ4v) is 5.56. The third-order valence-corrected chi connectivity index (χ3v) is 7.15. The van der Waals surface area contributed by atoms with E-state index in [1.165, 1.54) is 5.56 Å². The summed E-state index contributed by atoms with van der Waals surface area (Å²) in [5.41, 5.74) is 9.28. The maximum absolute atomic E-state index is 14.0. The van der Waals surface area contributed by atoms with Crippen molar-refractivity contribution in [2.45, 2.75) is 39.7 Å². The van der Waals surface area contributed by atoms with Crippen molar-refractivity contribution in [1.82, 2.24) is 8.97 Å². The van der Waals surface area contributed by atoms with E-state index in [1.54, 1.807) is 0 Å². The molecule has 0 spiro atoms. The van der Waals surface area contributed by atoms with Gasteiger partial charge in [0.1, 0.15) is 17.1 Å². The number of benzene rings is 3. The molecule has 0 fully saturated rings. The van der Waals surface area contributed by atoms with E-state index < -0.39 is 0 Å². The standard InChI is InChI=1S/C32H31N3O2/c1-3-37-26-17-15-24(16-18-26)29-27-14-7-8-19-34-28(23-11-5-4-6-12-23)21-35(32(27)34)30(29)31(36)33-25-13-9-10-22(2)20-25/h4-6,9-13,15-18,20-21H,3,7-8,14,19H2,1-2H3,(H,33,36). The fraction of sp³-hybridized carbons (Fsp3) is 0.219. The largest absolute Gasteiger partial charge is 0.494 e. The lowest BCUT2D eigenvalue weighted by atomic mass is 9.97. The van der Waals surface area contributed by atoms with Gasteiger partial charge < -0.3 is 14.6 Å². The Balaban J connectivity index is 1.58. The van der Waals surface area contributed by atoms with Crippen LogP contribution in [-0.2, 0) is 13.0 Å². The Labute approximate surface area is 217 Å². The summed E-state index contributed by atoms with van der Waals surface area (Å²) in [5, 5.41) is 3.18. The van der Waals surface area contributed by atoms with Gasteiger partial charge in [0.2, 0.25) is 0 Å². The zero-order valence-corrected chi connectivity index (χ0v) is 21.3. The van der Waals surface area contributed by atoms with Gasteiger partial charge >= 0.3 is 0 Å². The summed E-state index contributed by atoms with van der Waals surface area (Å²) in [6, 6.07) is 26.6. The quantitative estimate of drug-likeness (QED) is 0.271. The second-order valence-corrected chi connectivity index (χ2v) is 9.67. The third-order valence-electron chi connectivity index (χ3n) is 7.15. The number of ether oxygens (including phenoxy) is 1. The highest BCUT2D eigenvalue weighted by molar-refractivity contribution is 6.10. The van der Waals surface area contributed by atoms with Crippen molar-refractivity contribution in [3.63, 3.8) is 0 Å². The van der Waals surface area contributed by atoms with Crippen LogP contribution in [0.1, 0.15) is 41.4 Å². The Morgan fingerprint density at radius 3 is 2.51 bits per heavy atom. The van der Waals surface area contributed by atoms with E-state index >= 15 is 0 Å². The van der Waals surface area contributed by atoms with Crippen molar-refractivity contribution in [2.24, 2.45) is 0 Å². The third kappa shape index (κ3) is 4.20. The molecule has 186 valence electrons. The highest BCUT2D eigenvalue weighted by Gasteiger charge is 2.29. The first-order valence-corrected chi connectivity index (χ1v) is 13.1. The number of rotatable bonds is 6. The van der Waals surface area contributed by atoms with Gasteiger partial charge in [-0.25, -0.2) is 0 Å². The predicted octanol–water partition coefficient (Wildman–Crippen LogP) is 7.37. The molecule has 0 atom stereocenters. The van der Waals surface area contributed by atoms with Crippen LogP contribution in [0, 0.1) is 6.92 Å². The van der Waals surface area contributed by atoms with Crippen LogP contribution < -0.4 is 10.1 Å². The Bertz CT molecular complexity index is 1580. The molecule has 0 bridgehead atoms. The van der Waals surface area contributed by atoms with Crippen LogP contribution in [0.4, 0.5) is 5.69 Å². The number of hydrogen-bond acceptors (Lipinski definition) is 2. The minimum absolute atomic E-state index is 0.104. The van der Waals surface area contributed by atoms with Crippen LogP contribution in [0.3, 0.4) is 0 Å². The molecular weight excluding hydrogens is 458 g/mol. The smallest absolute Gasteiger partial charge is 0.273 e. The molecule has 0 saturated heterocycles. The van der Waals surface area contributed by atoms with Gasteiger partial charge in [-0.2, -0.15) is 0 Å². The second-order valence-electron chi connectivity index (χ2n) is 9.67.